The van der Waals surface area contributed by atoms with Crippen LogP contribution < -0.4 is 20.3 Å². The third-order valence-corrected chi connectivity index (χ3v) is 7.04. The number of anilines is 1. The summed E-state index contributed by atoms with van der Waals surface area (Å²) in [5.41, 5.74) is 0.178. The molecule has 1 amide bonds. The SMILES string of the molecule is CC1(C)[C@H](NC(=O)c2cnc(N3CCNCC3)nc2)C(C)(C)[C@H]1Oc1ccc(C#N)c(Cl)c1. The van der Waals surface area contributed by atoms with E-state index in [4.69, 9.17) is 21.6 Å². The van der Waals surface area contributed by atoms with Gasteiger partial charge in [0.15, 0.2) is 0 Å². The lowest BCUT2D eigenvalue weighted by Gasteiger charge is -2.63. The van der Waals surface area contributed by atoms with Gasteiger partial charge in [-0.05, 0) is 12.1 Å². The second kappa shape index (κ2) is 8.81. The zero-order valence-electron chi connectivity index (χ0n) is 19.4. The van der Waals surface area contributed by atoms with Crippen molar-refractivity contribution in [2.24, 2.45) is 10.8 Å². The topological polar surface area (TPSA) is 103 Å². The number of nitriles is 1. The van der Waals surface area contributed by atoms with E-state index < -0.39 is 0 Å². The minimum Gasteiger partial charge on any atom is -0.489 e. The van der Waals surface area contributed by atoms with Crippen LogP contribution >= 0.6 is 11.6 Å². The van der Waals surface area contributed by atoms with Gasteiger partial charge in [0, 0.05) is 61.5 Å². The van der Waals surface area contributed by atoms with Gasteiger partial charge in [0.1, 0.15) is 17.9 Å². The maximum atomic E-state index is 13.0. The normalized spacial score (nSPS) is 23.2. The second-order valence-corrected chi connectivity index (χ2v) is 10.2. The van der Waals surface area contributed by atoms with E-state index in [1.807, 2.05) is 0 Å². The fraction of sp³-hybridized carbons (Fsp3) is 0.500. The maximum absolute atomic E-state index is 13.0. The standard InChI is InChI=1S/C24H29ClN6O2/c1-23(2)20(24(3,4)21(23)33-17-6-5-15(12-26)18(25)11-17)30-19(32)16-13-28-22(29-14-16)31-9-7-27-8-10-31/h5-6,11,13-14,20-21,27H,7-10H2,1-4H3,(H,30,32)/t20-,21-. The number of ether oxygens (including phenoxy) is 1. The van der Waals surface area contributed by atoms with Crippen molar-refractivity contribution < 1.29 is 9.53 Å². The fourth-order valence-electron chi connectivity index (χ4n) is 5.28. The van der Waals surface area contributed by atoms with Gasteiger partial charge in [-0.1, -0.05) is 39.3 Å². The number of piperazine rings is 1. The molecule has 1 aromatic carbocycles. The molecule has 33 heavy (non-hydrogen) atoms. The number of nitrogens with one attached hydrogen (secondary N) is 2. The Labute approximate surface area is 199 Å². The summed E-state index contributed by atoms with van der Waals surface area (Å²) in [7, 11) is 0. The Morgan fingerprint density at radius 3 is 2.42 bits per heavy atom. The molecule has 1 aliphatic heterocycles. The molecule has 1 aliphatic carbocycles. The van der Waals surface area contributed by atoms with Crippen LogP contribution in [0.2, 0.25) is 5.02 Å². The van der Waals surface area contributed by atoms with Crippen molar-refractivity contribution in [1.29, 1.82) is 5.26 Å². The smallest absolute Gasteiger partial charge is 0.254 e. The summed E-state index contributed by atoms with van der Waals surface area (Å²) in [5.74, 6) is 1.05. The Bertz CT molecular complexity index is 1060. The number of carbonyl (C=O) groups excluding carboxylic acids is 1. The molecule has 1 saturated heterocycles. The summed E-state index contributed by atoms with van der Waals surface area (Å²) in [4.78, 5) is 23.9. The molecule has 2 heterocycles. The van der Waals surface area contributed by atoms with Crippen molar-refractivity contribution >= 4 is 23.5 Å². The molecular weight excluding hydrogens is 440 g/mol. The van der Waals surface area contributed by atoms with Crippen LogP contribution in [0.25, 0.3) is 0 Å². The Morgan fingerprint density at radius 1 is 1.21 bits per heavy atom. The minimum absolute atomic E-state index is 0.121. The van der Waals surface area contributed by atoms with Crippen LogP contribution in [0.1, 0.15) is 43.6 Å². The molecule has 0 atom stereocenters. The van der Waals surface area contributed by atoms with Gasteiger partial charge >= 0.3 is 0 Å². The minimum atomic E-state index is -0.332. The zero-order chi connectivity index (χ0) is 23.8. The number of carbonyl (C=O) groups is 1. The van der Waals surface area contributed by atoms with Crippen LogP contribution in [0.3, 0.4) is 0 Å². The summed E-state index contributed by atoms with van der Waals surface area (Å²) >= 11 is 6.16. The maximum Gasteiger partial charge on any atom is 0.254 e. The molecular formula is C24H29ClN6O2. The van der Waals surface area contributed by atoms with E-state index in [1.54, 1.807) is 30.6 Å². The highest BCUT2D eigenvalue weighted by molar-refractivity contribution is 6.31. The van der Waals surface area contributed by atoms with Gasteiger partial charge in [-0.25, -0.2) is 9.97 Å². The fourth-order valence-corrected chi connectivity index (χ4v) is 5.49. The van der Waals surface area contributed by atoms with Crippen molar-refractivity contribution in [3.05, 3.63) is 46.7 Å². The number of aromatic nitrogens is 2. The van der Waals surface area contributed by atoms with Crippen molar-refractivity contribution in [1.82, 2.24) is 20.6 Å². The molecule has 9 heteroatoms. The Morgan fingerprint density at radius 2 is 1.85 bits per heavy atom. The lowest BCUT2D eigenvalue weighted by atomic mass is 9.49. The Hall–Kier alpha value is -2.89. The first-order chi connectivity index (χ1) is 15.6. The average Bonchev–Trinajstić information content (AvgIpc) is 2.81. The molecule has 2 aromatic rings. The highest BCUT2D eigenvalue weighted by Crippen LogP contribution is 2.55. The third kappa shape index (κ3) is 4.35. The highest BCUT2D eigenvalue weighted by Gasteiger charge is 2.64. The van der Waals surface area contributed by atoms with Gasteiger partial charge in [-0.2, -0.15) is 5.26 Å². The number of amides is 1. The van der Waals surface area contributed by atoms with Gasteiger partial charge in [0.2, 0.25) is 5.95 Å². The van der Waals surface area contributed by atoms with E-state index in [1.165, 1.54) is 0 Å². The number of halogens is 1. The molecule has 2 fully saturated rings. The van der Waals surface area contributed by atoms with Crippen LogP contribution in [-0.4, -0.2) is 54.2 Å². The first kappa shape index (κ1) is 23.3. The molecule has 2 N–H and O–H groups in total. The van der Waals surface area contributed by atoms with E-state index in [0.29, 0.717) is 27.8 Å². The number of hydrogen-bond acceptors (Lipinski definition) is 7. The number of nitrogens with zero attached hydrogens (tertiary/aromatic N) is 4. The van der Waals surface area contributed by atoms with Crippen LogP contribution in [0.5, 0.6) is 5.75 Å². The van der Waals surface area contributed by atoms with Crippen molar-refractivity contribution in [3.8, 4) is 11.8 Å². The predicted octanol–water partition coefficient (Wildman–Crippen LogP) is 3.02. The summed E-state index contributed by atoms with van der Waals surface area (Å²) in [5, 5.41) is 15.9. The first-order valence-corrected chi connectivity index (χ1v) is 11.5. The Kier molecular flexibility index (Phi) is 6.21. The molecule has 8 nitrogen and oxygen atoms in total. The van der Waals surface area contributed by atoms with E-state index in [-0.39, 0.29) is 28.9 Å². The van der Waals surface area contributed by atoms with Crippen LogP contribution in [0, 0.1) is 22.2 Å². The molecule has 0 unspecified atom stereocenters. The lowest BCUT2D eigenvalue weighted by Crippen LogP contribution is -2.74. The summed E-state index contributed by atoms with van der Waals surface area (Å²) in [6, 6.07) is 7.00. The molecule has 174 valence electrons. The summed E-state index contributed by atoms with van der Waals surface area (Å²) in [6.07, 6.45) is 3.02. The third-order valence-electron chi connectivity index (χ3n) is 6.73. The van der Waals surface area contributed by atoms with Gasteiger partial charge in [-0.15, -0.1) is 0 Å². The van der Waals surface area contributed by atoms with E-state index >= 15 is 0 Å². The monoisotopic (exact) mass is 468 g/mol. The number of hydrogen-bond donors (Lipinski definition) is 2. The first-order valence-electron chi connectivity index (χ1n) is 11.1. The number of rotatable bonds is 5. The van der Waals surface area contributed by atoms with Gasteiger partial charge < -0.3 is 20.3 Å². The quantitative estimate of drug-likeness (QED) is 0.695. The van der Waals surface area contributed by atoms with E-state index in [0.717, 1.165) is 26.2 Å². The van der Waals surface area contributed by atoms with Crippen LogP contribution in [0.15, 0.2) is 30.6 Å². The summed E-state index contributed by atoms with van der Waals surface area (Å²) in [6.45, 7) is 11.8. The zero-order valence-corrected chi connectivity index (χ0v) is 20.1. The van der Waals surface area contributed by atoms with Gasteiger partial charge in [-0.3, -0.25) is 4.79 Å². The van der Waals surface area contributed by atoms with E-state index in [2.05, 4.69) is 59.3 Å². The molecule has 1 aromatic heterocycles. The number of benzene rings is 1. The lowest BCUT2D eigenvalue weighted by molar-refractivity contribution is -0.164. The molecule has 4 rings (SSSR count). The molecule has 0 radical (unpaired) electrons. The van der Waals surface area contributed by atoms with Crippen molar-refractivity contribution in [2.75, 3.05) is 31.1 Å². The van der Waals surface area contributed by atoms with Gasteiger partial charge in [0.25, 0.3) is 5.91 Å². The van der Waals surface area contributed by atoms with E-state index in [9.17, 15) is 4.79 Å². The highest BCUT2D eigenvalue weighted by atomic mass is 35.5. The van der Waals surface area contributed by atoms with Crippen LogP contribution in [0.4, 0.5) is 5.95 Å². The van der Waals surface area contributed by atoms with Crippen LogP contribution in [-0.2, 0) is 0 Å². The average molecular weight is 469 g/mol. The van der Waals surface area contributed by atoms with Gasteiger partial charge in [0.05, 0.1) is 16.1 Å². The Balaban J connectivity index is 1.43. The van der Waals surface area contributed by atoms with Crippen molar-refractivity contribution in [3.63, 3.8) is 0 Å². The second-order valence-electron chi connectivity index (χ2n) is 9.81. The molecule has 2 aliphatic rings. The predicted molar refractivity (Wildman–Crippen MR) is 127 cm³/mol. The largest absolute Gasteiger partial charge is 0.489 e. The summed E-state index contributed by atoms with van der Waals surface area (Å²) < 4.78 is 6.28. The van der Waals surface area contributed by atoms with Crippen molar-refractivity contribution in [2.45, 2.75) is 39.8 Å². The molecule has 1 saturated carbocycles. The molecule has 0 bridgehead atoms. The molecule has 0 spiro atoms.